The number of aliphatic hydroxyl groups is 1. The highest BCUT2D eigenvalue weighted by atomic mass is 16.5. The van der Waals surface area contributed by atoms with Gasteiger partial charge in [-0.15, -0.1) is 0 Å². The van der Waals surface area contributed by atoms with Crippen LogP contribution in [-0.4, -0.2) is 49.5 Å². The first-order valence-electron chi connectivity index (χ1n) is 9.08. The van der Waals surface area contributed by atoms with Gasteiger partial charge >= 0.3 is 0 Å². The Morgan fingerprint density at radius 1 is 1.04 bits per heavy atom. The molecule has 0 aromatic heterocycles. The average Bonchev–Trinajstić information content (AvgIpc) is 2.42. The quantitative estimate of drug-likeness (QED) is 0.720. The second-order valence-corrected chi connectivity index (χ2v) is 9.55. The highest BCUT2D eigenvalue weighted by molar-refractivity contribution is 5.31. The summed E-state index contributed by atoms with van der Waals surface area (Å²) in [5, 5.41) is 10.1. The lowest BCUT2D eigenvalue weighted by atomic mass is 9.72. The van der Waals surface area contributed by atoms with Crippen LogP contribution in [0.5, 0.6) is 5.75 Å². The van der Waals surface area contributed by atoms with Crippen molar-refractivity contribution in [2.45, 2.75) is 59.5 Å². The number of nitrogens with zero attached hydrogens (tertiary/aromatic N) is 1. The number of quaternary nitrogens is 1. The number of benzene rings is 1. The zero-order valence-corrected chi connectivity index (χ0v) is 17.0. The van der Waals surface area contributed by atoms with Gasteiger partial charge in [0.05, 0.1) is 20.6 Å². The number of aliphatic hydroxyl groups excluding tert-OH is 1. The van der Waals surface area contributed by atoms with E-state index in [-0.39, 0.29) is 5.41 Å². The molecule has 0 saturated heterocycles. The van der Waals surface area contributed by atoms with Crippen molar-refractivity contribution in [3.8, 4) is 5.75 Å². The van der Waals surface area contributed by atoms with E-state index in [1.54, 1.807) is 0 Å². The molecule has 1 aromatic rings. The number of likely N-dealkylation sites (N-methyl/N-ethyl adjacent to an activating group) is 1. The van der Waals surface area contributed by atoms with E-state index in [2.05, 4.69) is 67.8 Å². The summed E-state index contributed by atoms with van der Waals surface area (Å²) in [6.07, 6.45) is 0.681. The van der Waals surface area contributed by atoms with Crippen molar-refractivity contribution < 1.29 is 14.3 Å². The van der Waals surface area contributed by atoms with Crippen molar-refractivity contribution in [1.29, 1.82) is 0 Å². The van der Waals surface area contributed by atoms with Crippen molar-refractivity contribution >= 4 is 0 Å². The molecule has 0 radical (unpaired) electrons. The van der Waals surface area contributed by atoms with Crippen molar-refractivity contribution in [3.63, 3.8) is 0 Å². The molecule has 0 aliphatic rings. The van der Waals surface area contributed by atoms with Crippen molar-refractivity contribution in [2.75, 3.05) is 33.8 Å². The Labute approximate surface area is 149 Å². The van der Waals surface area contributed by atoms with Gasteiger partial charge in [0.25, 0.3) is 0 Å². The summed E-state index contributed by atoms with van der Waals surface area (Å²) in [5.41, 5.74) is 1.76. The van der Waals surface area contributed by atoms with Crippen LogP contribution in [-0.2, 0) is 5.41 Å². The summed E-state index contributed by atoms with van der Waals surface area (Å²) in [4.78, 5) is 0. The van der Waals surface area contributed by atoms with E-state index in [1.165, 1.54) is 5.56 Å². The number of rotatable bonds is 8. The van der Waals surface area contributed by atoms with Crippen LogP contribution in [0.1, 0.15) is 53.5 Å². The van der Waals surface area contributed by atoms with E-state index >= 15 is 0 Å². The van der Waals surface area contributed by atoms with Gasteiger partial charge in [-0.2, -0.15) is 0 Å². The van der Waals surface area contributed by atoms with Crippen LogP contribution in [0, 0.1) is 5.41 Å². The second-order valence-electron chi connectivity index (χ2n) is 9.55. The lowest BCUT2D eigenvalue weighted by Crippen LogP contribution is -2.46. The molecule has 1 rings (SSSR count). The third kappa shape index (κ3) is 7.23. The fourth-order valence-corrected chi connectivity index (χ4v) is 3.37. The van der Waals surface area contributed by atoms with Crippen LogP contribution >= 0.6 is 0 Å². The van der Waals surface area contributed by atoms with Gasteiger partial charge in [0.1, 0.15) is 25.0 Å². The van der Waals surface area contributed by atoms with Gasteiger partial charge in [0, 0.05) is 0 Å². The predicted molar refractivity (Wildman–Crippen MR) is 103 cm³/mol. The average molecular weight is 337 g/mol. The van der Waals surface area contributed by atoms with Crippen LogP contribution in [0.4, 0.5) is 0 Å². The molecule has 0 saturated carbocycles. The molecule has 0 amide bonds. The Morgan fingerprint density at radius 2 is 1.58 bits per heavy atom. The number of hydrogen-bond donors (Lipinski definition) is 1. The van der Waals surface area contributed by atoms with Gasteiger partial charge in [-0.05, 0) is 41.9 Å². The standard InChI is InChI=1S/C21H38NO2/c1-9-22(7,8)14-18(23)15-24-19-12-10-17(11-13-19)21(5,6)16-20(2,3)4/h10-13,18,23H,9,14-16H2,1-8H3/q+1/t18-/m0/s1. The second kappa shape index (κ2) is 7.88. The fraction of sp³-hybridized carbons (Fsp3) is 0.714. The first-order valence-corrected chi connectivity index (χ1v) is 9.08. The topological polar surface area (TPSA) is 29.5 Å². The molecule has 1 N–H and O–H groups in total. The molecular weight excluding hydrogens is 298 g/mol. The molecule has 138 valence electrons. The zero-order valence-electron chi connectivity index (χ0n) is 17.0. The SMILES string of the molecule is CC[N+](C)(C)C[C@H](O)COc1ccc(C(C)(C)CC(C)(C)C)cc1. The van der Waals surface area contributed by atoms with Gasteiger partial charge in [0.2, 0.25) is 0 Å². The minimum Gasteiger partial charge on any atom is -0.491 e. The van der Waals surface area contributed by atoms with Gasteiger partial charge in [0.15, 0.2) is 0 Å². The van der Waals surface area contributed by atoms with Crippen molar-refractivity contribution in [2.24, 2.45) is 5.41 Å². The van der Waals surface area contributed by atoms with Crippen LogP contribution in [0.15, 0.2) is 24.3 Å². The third-order valence-corrected chi connectivity index (χ3v) is 4.61. The highest BCUT2D eigenvalue weighted by Crippen LogP contribution is 2.36. The molecule has 24 heavy (non-hydrogen) atoms. The monoisotopic (exact) mass is 336 g/mol. The minimum atomic E-state index is -0.447. The van der Waals surface area contributed by atoms with E-state index in [0.29, 0.717) is 18.6 Å². The lowest BCUT2D eigenvalue weighted by molar-refractivity contribution is -0.891. The maximum absolute atomic E-state index is 10.1. The fourth-order valence-electron chi connectivity index (χ4n) is 3.37. The van der Waals surface area contributed by atoms with E-state index < -0.39 is 6.10 Å². The molecule has 3 heteroatoms. The van der Waals surface area contributed by atoms with Crippen LogP contribution in [0.2, 0.25) is 0 Å². The van der Waals surface area contributed by atoms with E-state index in [9.17, 15) is 5.11 Å². The summed E-state index contributed by atoms with van der Waals surface area (Å²) in [6.45, 7) is 15.6. The van der Waals surface area contributed by atoms with E-state index in [4.69, 9.17) is 4.74 Å². The summed E-state index contributed by atoms with van der Waals surface area (Å²) in [7, 11) is 4.24. The Hall–Kier alpha value is -1.06. The molecule has 1 atom stereocenters. The van der Waals surface area contributed by atoms with Gasteiger partial charge < -0.3 is 14.3 Å². The zero-order chi connectivity index (χ0) is 18.6. The Balaban J connectivity index is 2.62. The Kier molecular flexibility index (Phi) is 6.89. The molecular formula is C21H38NO2+. The Morgan fingerprint density at radius 3 is 2.04 bits per heavy atom. The smallest absolute Gasteiger partial charge is 0.137 e. The first kappa shape index (κ1) is 21.0. The van der Waals surface area contributed by atoms with Crippen LogP contribution in [0.3, 0.4) is 0 Å². The third-order valence-electron chi connectivity index (χ3n) is 4.61. The molecule has 3 nitrogen and oxygen atoms in total. The van der Waals surface area contributed by atoms with E-state index in [1.807, 2.05) is 12.1 Å². The van der Waals surface area contributed by atoms with Gasteiger partial charge in [-0.1, -0.05) is 46.8 Å². The van der Waals surface area contributed by atoms with Gasteiger partial charge in [-0.3, -0.25) is 0 Å². The molecule has 0 aliphatic carbocycles. The molecule has 1 aromatic carbocycles. The lowest BCUT2D eigenvalue weighted by Gasteiger charge is -2.33. The van der Waals surface area contributed by atoms with Crippen molar-refractivity contribution in [3.05, 3.63) is 29.8 Å². The Bertz CT molecular complexity index is 498. The molecule has 0 spiro atoms. The normalized spacial score (nSPS) is 14.5. The van der Waals surface area contributed by atoms with Gasteiger partial charge in [-0.25, -0.2) is 0 Å². The number of ether oxygens (including phenoxy) is 1. The van der Waals surface area contributed by atoms with Crippen molar-refractivity contribution in [1.82, 2.24) is 0 Å². The van der Waals surface area contributed by atoms with Crippen LogP contribution in [0.25, 0.3) is 0 Å². The maximum Gasteiger partial charge on any atom is 0.137 e. The molecule has 0 unspecified atom stereocenters. The minimum absolute atomic E-state index is 0.138. The molecule has 0 fully saturated rings. The molecule has 0 bridgehead atoms. The predicted octanol–water partition coefficient (Wildman–Crippen LogP) is 4.24. The molecule has 0 heterocycles. The maximum atomic E-state index is 10.1. The number of hydrogen-bond acceptors (Lipinski definition) is 2. The summed E-state index contributed by atoms with van der Waals surface area (Å²) in [5.74, 6) is 0.825. The van der Waals surface area contributed by atoms with Crippen LogP contribution < -0.4 is 4.74 Å². The first-order chi connectivity index (χ1) is 10.8. The summed E-state index contributed by atoms with van der Waals surface area (Å²) in [6, 6.07) is 8.34. The largest absolute Gasteiger partial charge is 0.491 e. The van der Waals surface area contributed by atoms with E-state index in [0.717, 1.165) is 23.2 Å². The summed E-state index contributed by atoms with van der Waals surface area (Å²) >= 11 is 0. The molecule has 0 aliphatic heterocycles. The highest BCUT2D eigenvalue weighted by Gasteiger charge is 2.27. The summed E-state index contributed by atoms with van der Waals surface area (Å²) < 4.78 is 6.56.